The minimum Gasteiger partial charge on any atom is -0.467 e. The van der Waals surface area contributed by atoms with Gasteiger partial charge in [0, 0.05) is 25.7 Å². The molecule has 110 valence electrons. The molecule has 2 aromatic rings. The van der Waals surface area contributed by atoms with E-state index < -0.39 is 12.0 Å². The molecule has 0 spiro atoms. The zero-order chi connectivity index (χ0) is 15.2. The molecule has 1 heterocycles. The van der Waals surface area contributed by atoms with Gasteiger partial charge in [-0.3, -0.25) is 4.79 Å². The van der Waals surface area contributed by atoms with Crippen molar-refractivity contribution >= 4 is 11.9 Å². The predicted molar refractivity (Wildman–Crippen MR) is 76.9 cm³/mol. The summed E-state index contributed by atoms with van der Waals surface area (Å²) in [4.78, 5) is 22.8. The molecule has 0 saturated heterocycles. The Bertz CT molecular complexity index is 606. The van der Waals surface area contributed by atoms with Crippen molar-refractivity contribution in [2.24, 2.45) is 0 Å². The van der Waals surface area contributed by atoms with Crippen LogP contribution in [0.3, 0.4) is 0 Å². The maximum Gasteiger partial charge on any atom is 0.328 e. The Morgan fingerprint density at radius 2 is 2.05 bits per heavy atom. The molecule has 0 aliphatic heterocycles. The van der Waals surface area contributed by atoms with E-state index in [2.05, 4.69) is 10.4 Å². The molecule has 2 rings (SSSR count). The minimum atomic E-state index is -0.678. The van der Waals surface area contributed by atoms with E-state index in [1.807, 2.05) is 36.5 Å². The Hall–Kier alpha value is -2.63. The molecule has 0 saturated carbocycles. The second-order valence-corrected chi connectivity index (χ2v) is 4.60. The van der Waals surface area contributed by atoms with Crippen LogP contribution in [0.1, 0.15) is 12.5 Å². The van der Waals surface area contributed by atoms with Gasteiger partial charge in [0.25, 0.3) is 0 Å². The predicted octanol–water partition coefficient (Wildman–Crippen LogP) is 1.09. The Kier molecular flexibility index (Phi) is 4.71. The van der Waals surface area contributed by atoms with E-state index in [1.54, 1.807) is 10.9 Å². The van der Waals surface area contributed by atoms with Crippen LogP contribution in [0.5, 0.6) is 0 Å². The van der Waals surface area contributed by atoms with Gasteiger partial charge in [0.1, 0.15) is 6.04 Å². The van der Waals surface area contributed by atoms with E-state index in [-0.39, 0.29) is 5.91 Å². The van der Waals surface area contributed by atoms with Crippen molar-refractivity contribution < 1.29 is 14.3 Å². The van der Waals surface area contributed by atoms with Gasteiger partial charge in [-0.1, -0.05) is 12.1 Å². The molecule has 1 aromatic heterocycles. The summed E-state index contributed by atoms with van der Waals surface area (Å²) >= 11 is 0. The van der Waals surface area contributed by atoms with Gasteiger partial charge in [-0.05, 0) is 23.8 Å². The molecule has 1 atom stereocenters. The van der Waals surface area contributed by atoms with Crippen LogP contribution in [0.4, 0.5) is 0 Å². The van der Waals surface area contributed by atoms with Crippen molar-refractivity contribution in [1.29, 1.82) is 0 Å². The minimum absolute atomic E-state index is 0.265. The summed E-state index contributed by atoms with van der Waals surface area (Å²) in [7, 11) is 1.30. The van der Waals surface area contributed by atoms with Gasteiger partial charge in [-0.25, -0.2) is 9.48 Å². The molecule has 0 radical (unpaired) electrons. The van der Waals surface area contributed by atoms with Crippen molar-refractivity contribution in [2.75, 3.05) is 7.11 Å². The van der Waals surface area contributed by atoms with Crippen LogP contribution in [-0.4, -0.2) is 34.8 Å². The number of nitrogens with one attached hydrogen (secondary N) is 1. The van der Waals surface area contributed by atoms with E-state index in [0.717, 1.165) is 11.3 Å². The molecule has 0 aliphatic rings. The van der Waals surface area contributed by atoms with Crippen molar-refractivity contribution in [3.63, 3.8) is 0 Å². The third kappa shape index (κ3) is 3.92. The molecule has 6 heteroatoms. The Balaban J connectivity index is 2.10. The van der Waals surface area contributed by atoms with E-state index in [9.17, 15) is 9.59 Å². The highest BCUT2D eigenvalue weighted by atomic mass is 16.5. The lowest BCUT2D eigenvalue weighted by Crippen LogP contribution is -2.41. The lowest BCUT2D eigenvalue weighted by atomic mass is 10.1. The standard InChI is InChI=1S/C15H17N3O3/c1-11(19)17-14(15(20)21-2)10-12-4-6-13(7-5-12)18-9-3-8-16-18/h3-9,14H,10H2,1-2H3,(H,17,19)/t14-/m0/s1. The number of benzene rings is 1. The fraction of sp³-hybridized carbons (Fsp3) is 0.267. The summed E-state index contributed by atoms with van der Waals surface area (Å²) in [6, 6.07) is 8.78. The molecular weight excluding hydrogens is 270 g/mol. The number of esters is 1. The maximum atomic E-state index is 11.7. The first kappa shape index (κ1) is 14.8. The number of amides is 1. The van der Waals surface area contributed by atoms with Crippen LogP contribution in [0.15, 0.2) is 42.7 Å². The number of methoxy groups -OCH3 is 1. The number of hydrogen-bond donors (Lipinski definition) is 1. The lowest BCUT2D eigenvalue weighted by molar-refractivity contribution is -0.144. The highest BCUT2D eigenvalue weighted by molar-refractivity contribution is 5.83. The number of aromatic nitrogens is 2. The monoisotopic (exact) mass is 287 g/mol. The number of carbonyl (C=O) groups is 2. The van der Waals surface area contributed by atoms with Crippen LogP contribution in [0.25, 0.3) is 5.69 Å². The molecule has 21 heavy (non-hydrogen) atoms. The third-order valence-electron chi connectivity index (χ3n) is 3.01. The SMILES string of the molecule is COC(=O)[C@H](Cc1ccc(-n2cccn2)cc1)NC(C)=O. The summed E-state index contributed by atoms with van der Waals surface area (Å²) in [6.07, 6.45) is 3.94. The Morgan fingerprint density at radius 3 is 2.57 bits per heavy atom. The fourth-order valence-electron chi connectivity index (χ4n) is 2.02. The van der Waals surface area contributed by atoms with E-state index in [4.69, 9.17) is 4.74 Å². The van der Waals surface area contributed by atoms with Crippen LogP contribution in [0, 0.1) is 0 Å². The largest absolute Gasteiger partial charge is 0.467 e. The summed E-state index contributed by atoms with van der Waals surface area (Å²) in [5, 5.41) is 6.73. The number of nitrogens with zero attached hydrogens (tertiary/aromatic N) is 2. The van der Waals surface area contributed by atoms with Gasteiger partial charge in [0.05, 0.1) is 12.8 Å². The highest BCUT2D eigenvalue weighted by Crippen LogP contribution is 2.11. The maximum absolute atomic E-state index is 11.7. The summed E-state index contributed by atoms with van der Waals surface area (Å²) in [5.74, 6) is -0.722. The molecular formula is C15H17N3O3. The summed E-state index contributed by atoms with van der Waals surface area (Å²) < 4.78 is 6.45. The first-order chi connectivity index (χ1) is 10.1. The Morgan fingerprint density at radius 1 is 1.33 bits per heavy atom. The summed E-state index contributed by atoms with van der Waals surface area (Å²) in [6.45, 7) is 1.37. The van der Waals surface area contributed by atoms with Crippen LogP contribution in [0.2, 0.25) is 0 Å². The molecule has 1 aromatic carbocycles. The molecule has 0 aliphatic carbocycles. The van der Waals surface area contributed by atoms with E-state index in [1.165, 1.54) is 14.0 Å². The molecule has 0 bridgehead atoms. The van der Waals surface area contributed by atoms with Crippen molar-refractivity contribution in [2.45, 2.75) is 19.4 Å². The Labute approximate surface area is 122 Å². The molecule has 6 nitrogen and oxygen atoms in total. The molecule has 0 fully saturated rings. The first-order valence-corrected chi connectivity index (χ1v) is 6.54. The van der Waals surface area contributed by atoms with Crippen molar-refractivity contribution in [1.82, 2.24) is 15.1 Å². The highest BCUT2D eigenvalue weighted by Gasteiger charge is 2.20. The second kappa shape index (κ2) is 6.69. The topological polar surface area (TPSA) is 73.2 Å². The van der Waals surface area contributed by atoms with Crippen molar-refractivity contribution in [3.05, 3.63) is 48.3 Å². The van der Waals surface area contributed by atoms with Crippen LogP contribution < -0.4 is 5.32 Å². The average Bonchev–Trinajstić information content (AvgIpc) is 3.00. The van der Waals surface area contributed by atoms with Gasteiger partial charge in [-0.15, -0.1) is 0 Å². The lowest BCUT2D eigenvalue weighted by Gasteiger charge is -2.15. The van der Waals surface area contributed by atoms with E-state index in [0.29, 0.717) is 6.42 Å². The normalized spacial score (nSPS) is 11.7. The number of ether oxygens (including phenoxy) is 1. The number of rotatable bonds is 5. The zero-order valence-corrected chi connectivity index (χ0v) is 11.9. The van der Waals surface area contributed by atoms with Gasteiger partial charge in [-0.2, -0.15) is 5.10 Å². The molecule has 1 amide bonds. The van der Waals surface area contributed by atoms with Crippen molar-refractivity contribution in [3.8, 4) is 5.69 Å². The van der Waals surface area contributed by atoms with Crippen LogP contribution >= 0.6 is 0 Å². The first-order valence-electron chi connectivity index (χ1n) is 6.54. The molecule has 0 unspecified atom stereocenters. The van der Waals surface area contributed by atoms with Gasteiger partial charge in [0.15, 0.2) is 0 Å². The second-order valence-electron chi connectivity index (χ2n) is 4.60. The third-order valence-corrected chi connectivity index (χ3v) is 3.01. The average molecular weight is 287 g/mol. The van der Waals surface area contributed by atoms with Gasteiger partial charge >= 0.3 is 5.97 Å². The van der Waals surface area contributed by atoms with Crippen LogP contribution in [-0.2, 0) is 20.7 Å². The fourth-order valence-corrected chi connectivity index (χ4v) is 2.02. The van der Waals surface area contributed by atoms with Gasteiger partial charge in [0.2, 0.25) is 5.91 Å². The molecule has 1 N–H and O–H groups in total. The van der Waals surface area contributed by atoms with E-state index >= 15 is 0 Å². The zero-order valence-electron chi connectivity index (χ0n) is 11.9. The quantitative estimate of drug-likeness (QED) is 0.836. The van der Waals surface area contributed by atoms with Gasteiger partial charge < -0.3 is 10.1 Å². The summed E-state index contributed by atoms with van der Waals surface area (Å²) in [5.41, 5.74) is 1.85. The smallest absolute Gasteiger partial charge is 0.328 e. The number of hydrogen-bond acceptors (Lipinski definition) is 4. The number of carbonyl (C=O) groups excluding carboxylic acids is 2.